The van der Waals surface area contributed by atoms with Crippen molar-refractivity contribution < 1.29 is 29.3 Å². The summed E-state index contributed by atoms with van der Waals surface area (Å²) in [6.07, 6.45) is 19.4. The van der Waals surface area contributed by atoms with Crippen LogP contribution in [0.15, 0.2) is 30.3 Å². The molecule has 0 amide bonds. The van der Waals surface area contributed by atoms with Crippen molar-refractivity contribution in [1.82, 2.24) is 0 Å². The summed E-state index contributed by atoms with van der Waals surface area (Å²) in [5, 5.41) is 21.7. The van der Waals surface area contributed by atoms with Gasteiger partial charge in [0.2, 0.25) is 0 Å². The highest BCUT2D eigenvalue weighted by atomic mass is 35.5. The predicted octanol–water partition coefficient (Wildman–Crippen LogP) is 14.5. The number of phenolic OH excluding ortho intramolecular Hbond substituents is 2. The molecule has 0 heterocycles. The Kier molecular flexibility index (Phi) is 14.5. The van der Waals surface area contributed by atoms with Crippen molar-refractivity contribution >= 4 is 40.7 Å². The van der Waals surface area contributed by atoms with E-state index in [4.69, 9.17) is 32.7 Å². The first-order valence-corrected chi connectivity index (χ1v) is 23.8. The molecule has 0 radical (unpaired) electrons. The van der Waals surface area contributed by atoms with Crippen LogP contribution in [0.25, 0.3) is 5.57 Å². The van der Waals surface area contributed by atoms with Crippen LogP contribution < -0.4 is 0 Å². The van der Waals surface area contributed by atoms with E-state index >= 15 is 0 Å². The molecule has 8 heteroatoms. The minimum Gasteiger partial charge on any atom is -0.505 e. The van der Waals surface area contributed by atoms with Gasteiger partial charge in [-0.05, 0) is 197 Å². The molecular formula is C51H72Cl2O6. The molecule has 9 atom stereocenters. The zero-order valence-electron chi connectivity index (χ0n) is 37.3. The Morgan fingerprint density at radius 2 is 1.31 bits per heavy atom. The van der Waals surface area contributed by atoms with Gasteiger partial charge >= 0.3 is 11.9 Å². The van der Waals surface area contributed by atoms with Crippen LogP contribution in [0.5, 0.6) is 11.5 Å². The van der Waals surface area contributed by atoms with Crippen LogP contribution in [0, 0.1) is 58.2 Å². The molecule has 6 nitrogen and oxygen atoms in total. The number of phenols is 2. The fourth-order valence-electron chi connectivity index (χ4n) is 12.9. The summed E-state index contributed by atoms with van der Waals surface area (Å²) in [5.41, 5.74) is 2.63. The molecule has 2 aromatic carbocycles. The van der Waals surface area contributed by atoms with Crippen molar-refractivity contribution in [2.75, 3.05) is 0 Å². The fourth-order valence-corrected chi connectivity index (χ4v) is 13.3. The van der Waals surface area contributed by atoms with Crippen molar-refractivity contribution in [3.8, 4) is 11.5 Å². The van der Waals surface area contributed by atoms with Crippen LogP contribution in [-0.2, 0) is 9.47 Å². The van der Waals surface area contributed by atoms with E-state index in [0.29, 0.717) is 33.4 Å². The van der Waals surface area contributed by atoms with Crippen molar-refractivity contribution in [3.63, 3.8) is 0 Å². The first-order chi connectivity index (χ1) is 27.8. The van der Waals surface area contributed by atoms with Gasteiger partial charge in [0.05, 0.1) is 22.3 Å². The lowest BCUT2D eigenvalue weighted by Gasteiger charge is -2.61. The van der Waals surface area contributed by atoms with E-state index in [2.05, 4.69) is 40.7 Å². The number of esters is 2. The average molecular weight is 852 g/mol. The lowest BCUT2D eigenvalue weighted by molar-refractivity contribution is -0.121. The molecule has 2 unspecified atom stereocenters. The second-order valence-corrected chi connectivity index (χ2v) is 21.5. The lowest BCUT2D eigenvalue weighted by atomic mass is 9.44. The molecule has 0 spiro atoms. The third-order valence-corrected chi connectivity index (χ3v) is 16.3. The first kappa shape index (κ1) is 45.8. The van der Waals surface area contributed by atoms with Gasteiger partial charge in [0.15, 0.2) is 0 Å². The van der Waals surface area contributed by atoms with Gasteiger partial charge in [-0.2, -0.15) is 0 Å². The smallest absolute Gasteiger partial charge is 0.342 e. The van der Waals surface area contributed by atoms with E-state index in [1.165, 1.54) is 77.0 Å². The Hall–Kier alpha value is -2.70. The second kappa shape index (κ2) is 18.7. The molecule has 326 valence electrons. The number of benzene rings is 2. The molecule has 59 heavy (non-hydrogen) atoms. The molecule has 4 aliphatic carbocycles. The van der Waals surface area contributed by atoms with Crippen molar-refractivity contribution in [1.29, 1.82) is 0 Å². The van der Waals surface area contributed by atoms with Gasteiger partial charge in [-0.25, -0.2) is 9.59 Å². The van der Waals surface area contributed by atoms with E-state index in [1.807, 2.05) is 0 Å². The molecule has 0 aliphatic heterocycles. The Labute approximate surface area is 365 Å². The standard InChI is InChI=1S/C51H72Cl2O6/c1-29(2)12-10-13-32(7)41-18-19-42-38-17-16-36-24-33(20-22-50(36,8)43(38)21-23-51(41,42)9)14-11-15-37(34-25-39(46(54)44(52)27-34)48(56)58-30(3)4)35-26-40(47(55)45(53)28-35)49(57)59-31(5)6/h15,25-33,36,38,41-43,54-55H,10-14,16-24H2,1-9H3/t32-,33?,36?,38+,41-,42+,43+,50+,51-/m1/s1. The molecule has 0 saturated heterocycles. The minimum atomic E-state index is -0.687. The summed E-state index contributed by atoms with van der Waals surface area (Å²) in [6, 6.07) is 6.37. The maximum atomic E-state index is 13.1. The Bertz CT molecular complexity index is 1790. The molecule has 2 aromatic rings. The maximum Gasteiger partial charge on any atom is 0.342 e. The molecule has 0 bridgehead atoms. The average Bonchev–Trinajstić information content (AvgIpc) is 3.52. The first-order valence-electron chi connectivity index (χ1n) is 23.0. The lowest BCUT2D eigenvalue weighted by Crippen LogP contribution is -2.53. The van der Waals surface area contributed by atoms with E-state index < -0.39 is 24.1 Å². The predicted molar refractivity (Wildman–Crippen MR) is 240 cm³/mol. The topological polar surface area (TPSA) is 93.1 Å². The molecule has 6 rings (SSSR count). The number of aromatic hydroxyl groups is 2. The summed E-state index contributed by atoms with van der Waals surface area (Å²) in [6.45, 7) is 19.6. The third kappa shape index (κ3) is 9.69. The number of carbonyl (C=O) groups is 2. The number of fused-ring (bicyclic) bond motifs is 5. The van der Waals surface area contributed by atoms with E-state index in [-0.39, 0.29) is 32.7 Å². The van der Waals surface area contributed by atoms with Crippen molar-refractivity contribution in [2.24, 2.45) is 58.2 Å². The number of rotatable bonds is 14. The molecule has 4 fully saturated rings. The van der Waals surface area contributed by atoms with Crippen molar-refractivity contribution in [3.05, 3.63) is 62.6 Å². The van der Waals surface area contributed by atoms with Crippen LogP contribution >= 0.6 is 23.2 Å². The summed E-state index contributed by atoms with van der Waals surface area (Å²) in [7, 11) is 0. The fraction of sp³-hybridized carbons (Fsp3) is 0.686. The number of allylic oxidation sites excluding steroid dienone is 1. The van der Waals surface area contributed by atoms with E-state index in [0.717, 1.165) is 54.3 Å². The van der Waals surface area contributed by atoms with Crippen LogP contribution in [-0.4, -0.2) is 34.4 Å². The van der Waals surface area contributed by atoms with E-state index in [9.17, 15) is 19.8 Å². The van der Waals surface area contributed by atoms with Gasteiger partial charge in [-0.1, -0.05) is 83.2 Å². The molecule has 4 aliphatic rings. The summed E-state index contributed by atoms with van der Waals surface area (Å²) in [4.78, 5) is 26.2. The third-order valence-electron chi connectivity index (χ3n) is 15.8. The zero-order valence-corrected chi connectivity index (χ0v) is 38.9. The SMILES string of the molecule is CC(C)CCC[C@@H](C)[C@H]1CC[C@H]2[C@@H]3CCC4CC(CCC=C(c5cc(Cl)c(O)c(C(=O)OC(C)C)c5)c5cc(Cl)c(O)c(C(=O)OC(C)C)c5)CC[C@]4(C)[C@H]3CC[C@]12C. The highest BCUT2D eigenvalue weighted by Gasteiger charge is 2.60. The molecular weight excluding hydrogens is 779 g/mol. The van der Waals surface area contributed by atoms with Crippen molar-refractivity contribution in [2.45, 2.75) is 164 Å². The summed E-state index contributed by atoms with van der Waals surface area (Å²) in [5.74, 6) is 4.39. The minimum absolute atomic E-state index is 0.00268. The largest absolute Gasteiger partial charge is 0.505 e. The van der Waals surface area contributed by atoms with E-state index in [1.54, 1.807) is 52.0 Å². The van der Waals surface area contributed by atoms with Crippen LogP contribution in [0.2, 0.25) is 10.0 Å². The highest BCUT2D eigenvalue weighted by molar-refractivity contribution is 6.33. The van der Waals surface area contributed by atoms with Gasteiger partial charge in [0.25, 0.3) is 0 Å². The highest BCUT2D eigenvalue weighted by Crippen LogP contribution is 2.69. The number of hydrogen-bond donors (Lipinski definition) is 2. The Morgan fingerprint density at radius 3 is 1.86 bits per heavy atom. The molecule has 4 saturated carbocycles. The van der Waals surface area contributed by atoms with Crippen LogP contribution in [0.4, 0.5) is 0 Å². The van der Waals surface area contributed by atoms with Gasteiger partial charge < -0.3 is 19.7 Å². The van der Waals surface area contributed by atoms with Gasteiger partial charge in [0.1, 0.15) is 22.6 Å². The van der Waals surface area contributed by atoms with Gasteiger partial charge in [-0.3, -0.25) is 0 Å². The summed E-state index contributed by atoms with van der Waals surface area (Å²) < 4.78 is 10.9. The maximum absolute atomic E-state index is 13.1. The van der Waals surface area contributed by atoms with Gasteiger partial charge in [-0.15, -0.1) is 0 Å². The second-order valence-electron chi connectivity index (χ2n) is 20.6. The Morgan fingerprint density at radius 1 is 0.746 bits per heavy atom. The number of carbonyl (C=O) groups excluding carboxylic acids is 2. The van der Waals surface area contributed by atoms with Crippen LogP contribution in [0.3, 0.4) is 0 Å². The quantitative estimate of drug-likeness (QED) is 0.184. The number of ether oxygens (including phenoxy) is 2. The monoisotopic (exact) mass is 850 g/mol. The number of hydrogen-bond acceptors (Lipinski definition) is 6. The van der Waals surface area contributed by atoms with Gasteiger partial charge in [0, 0.05) is 0 Å². The normalized spacial score (nSPS) is 29.5. The van der Waals surface area contributed by atoms with Crippen LogP contribution in [0.1, 0.15) is 184 Å². The number of halogens is 2. The summed E-state index contributed by atoms with van der Waals surface area (Å²) >= 11 is 13.1. The zero-order chi connectivity index (χ0) is 43.0. The molecule has 2 N–H and O–H groups in total. The Balaban J connectivity index is 1.20. The molecule has 0 aromatic heterocycles.